The average Bonchev–Trinajstić information content (AvgIpc) is 3.12. The van der Waals surface area contributed by atoms with Crippen molar-refractivity contribution < 1.29 is 18.0 Å². The number of rotatable bonds is 3. The summed E-state index contributed by atoms with van der Waals surface area (Å²) in [4.78, 5) is 20.8. The number of aromatic nitrogens is 4. The smallest absolute Gasteiger partial charge is 0.320 e. The fourth-order valence-electron chi connectivity index (χ4n) is 2.85. The van der Waals surface area contributed by atoms with Crippen LogP contribution in [0.1, 0.15) is 16.1 Å². The molecule has 4 rings (SSSR count). The zero-order valence-corrected chi connectivity index (χ0v) is 14.2. The Morgan fingerprint density at radius 3 is 2.57 bits per heavy atom. The minimum Gasteiger partial charge on any atom is -0.320 e. The summed E-state index contributed by atoms with van der Waals surface area (Å²) in [5.41, 5.74) is -0.459. The van der Waals surface area contributed by atoms with Gasteiger partial charge in [-0.3, -0.25) is 9.78 Å². The van der Waals surface area contributed by atoms with Gasteiger partial charge in [0.1, 0.15) is 0 Å². The summed E-state index contributed by atoms with van der Waals surface area (Å²) >= 11 is 0. The van der Waals surface area contributed by atoms with Crippen molar-refractivity contribution in [2.75, 3.05) is 5.32 Å². The largest absolute Gasteiger partial charge is 0.417 e. The molecule has 1 amide bonds. The summed E-state index contributed by atoms with van der Waals surface area (Å²) < 4.78 is 42.0. The van der Waals surface area contributed by atoms with E-state index in [1.54, 1.807) is 24.3 Å². The molecule has 0 aliphatic heterocycles. The molecule has 3 heterocycles. The molecule has 28 heavy (non-hydrogen) atoms. The number of fused-ring (bicyclic) bond motifs is 1. The third kappa shape index (κ3) is 3.18. The number of alkyl halides is 3. The zero-order chi connectivity index (χ0) is 19.7. The van der Waals surface area contributed by atoms with Gasteiger partial charge in [-0.25, -0.2) is 9.50 Å². The van der Waals surface area contributed by atoms with Crippen molar-refractivity contribution in [1.29, 1.82) is 0 Å². The van der Waals surface area contributed by atoms with Crippen LogP contribution in [0, 0.1) is 0 Å². The molecule has 0 atom stereocenters. The van der Waals surface area contributed by atoms with Gasteiger partial charge >= 0.3 is 6.18 Å². The lowest BCUT2D eigenvalue weighted by atomic mass is 10.0. The van der Waals surface area contributed by atoms with E-state index in [4.69, 9.17) is 0 Å². The van der Waals surface area contributed by atoms with Gasteiger partial charge in [-0.1, -0.05) is 12.1 Å². The SMILES string of the molecule is O=C(Nc1cccc(C(F)(F)F)c1-c1ccccn1)c1cnc2cccnn12. The van der Waals surface area contributed by atoms with Gasteiger partial charge in [0.15, 0.2) is 11.3 Å². The van der Waals surface area contributed by atoms with Crippen LogP contribution in [0.5, 0.6) is 0 Å². The van der Waals surface area contributed by atoms with Crippen LogP contribution in [0.2, 0.25) is 0 Å². The lowest BCUT2D eigenvalue weighted by Gasteiger charge is -2.17. The van der Waals surface area contributed by atoms with Gasteiger partial charge in [0.05, 0.1) is 23.1 Å². The van der Waals surface area contributed by atoms with Crippen molar-refractivity contribution in [3.8, 4) is 11.3 Å². The number of nitrogens with one attached hydrogen (secondary N) is 1. The molecule has 1 N–H and O–H groups in total. The summed E-state index contributed by atoms with van der Waals surface area (Å²) in [7, 11) is 0. The van der Waals surface area contributed by atoms with Crippen molar-refractivity contribution in [2.45, 2.75) is 6.18 Å². The molecule has 140 valence electrons. The van der Waals surface area contributed by atoms with E-state index in [-0.39, 0.29) is 22.6 Å². The first-order valence-corrected chi connectivity index (χ1v) is 8.17. The Balaban J connectivity index is 1.81. The number of amides is 1. The maximum Gasteiger partial charge on any atom is 0.417 e. The standard InChI is InChI=1S/C19H12F3N5O/c20-19(21,22)12-5-3-7-14(17(12)13-6-1-2-9-23-13)26-18(28)15-11-24-16-8-4-10-25-27(15)16/h1-11H,(H,26,28). The van der Waals surface area contributed by atoms with Gasteiger partial charge in [-0.15, -0.1) is 0 Å². The highest BCUT2D eigenvalue weighted by Crippen LogP contribution is 2.40. The van der Waals surface area contributed by atoms with Gasteiger partial charge in [0.25, 0.3) is 5.91 Å². The van der Waals surface area contributed by atoms with Crippen LogP contribution in [0.3, 0.4) is 0 Å². The van der Waals surface area contributed by atoms with E-state index in [0.29, 0.717) is 5.65 Å². The number of benzene rings is 1. The molecule has 0 aliphatic rings. The van der Waals surface area contributed by atoms with E-state index in [9.17, 15) is 18.0 Å². The fraction of sp³-hybridized carbons (Fsp3) is 0.0526. The third-order valence-corrected chi connectivity index (χ3v) is 4.05. The Hall–Kier alpha value is -3.75. The van der Waals surface area contributed by atoms with Crippen molar-refractivity contribution in [2.24, 2.45) is 0 Å². The first-order chi connectivity index (χ1) is 13.4. The minimum atomic E-state index is -4.61. The number of anilines is 1. The Kier molecular flexibility index (Phi) is 4.26. The third-order valence-electron chi connectivity index (χ3n) is 4.05. The molecule has 0 unspecified atom stereocenters. The number of nitrogens with zero attached hydrogens (tertiary/aromatic N) is 4. The number of imidazole rings is 1. The van der Waals surface area contributed by atoms with Gasteiger partial charge in [0.2, 0.25) is 0 Å². The summed E-state index contributed by atoms with van der Waals surface area (Å²) in [6.45, 7) is 0. The summed E-state index contributed by atoms with van der Waals surface area (Å²) in [5.74, 6) is -0.636. The van der Waals surface area contributed by atoms with Gasteiger partial charge in [-0.2, -0.15) is 18.3 Å². The number of carbonyl (C=O) groups excluding carboxylic acids is 1. The van der Waals surface area contributed by atoms with Crippen LogP contribution in [0.4, 0.5) is 18.9 Å². The highest BCUT2D eigenvalue weighted by atomic mass is 19.4. The quantitative estimate of drug-likeness (QED) is 0.579. The van der Waals surface area contributed by atoms with Gasteiger partial charge in [-0.05, 0) is 36.4 Å². The molecule has 0 fully saturated rings. The lowest BCUT2D eigenvalue weighted by molar-refractivity contribution is -0.137. The second-order valence-electron chi connectivity index (χ2n) is 5.83. The topological polar surface area (TPSA) is 72.2 Å². The second kappa shape index (κ2) is 6.76. The predicted molar refractivity (Wildman–Crippen MR) is 95.6 cm³/mol. The number of carbonyl (C=O) groups is 1. The van der Waals surface area contributed by atoms with Crippen LogP contribution in [0.15, 0.2) is 67.1 Å². The lowest BCUT2D eigenvalue weighted by Crippen LogP contribution is -2.17. The Bertz CT molecular complexity index is 1160. The van der Waals surface area contributed by atoms with Crippen LogP contribution < -0.4 is 5.32 Å². The van der Waals surface area contributed by atoms with Crippen molar-refractivity contribution in [3.05, 3.63) is 78.4 Å². The van der Waals surface area contributed by atoms with Gasteiger partial charge < -0.3 is 5.32 Å². The molecule has 0 spiro atoms. The monoisotopic (exact) mass is 383 g/mol. The Labute approximate surface area is 156 Å². The van der Waals surface area contributed by atoms with Crippen LogP contribution in [-0.4, -0.2) is 25.5 Å². The Morgan fingerprint density at radius 2 is 1.82 bits per heavy atom. The summed E-state index contributed by atoms with van der Waals surface area (Å²) in [6, 6.07) is 11.5. The van der Waals surface area contributed by atoms with E-state index in [0.717, 1.165) is 6.07 Å². The van der Waals surface area contributed by atoms with Gasteiger partial charge in [0, 0.05) is 18.0 Å². The molecule has 1 aromatic carbocycles. The normalized spacial score (nSPS) is 11.5. The minimum absolute atomic E-state index is 0.00981. The molecule has 6 nitrogen and oxygen atoms in total. The molecular weight excluding hydrogens is 371 g/mol. The highest BCUT2D eigenvalue weighted by molar-refractivity contribution is 6.05. The number of pyridine rings is 1. The van der Waals surface area contributed by atoms with Crippen molar-refractivity contribution >= 4 is 17.2 Å². The molecule has 9 heteroatoms. The Morgan fingerprint density at radius 1 is 0.964 bits per heavy atom. The molecule has 0 saturated carbocycles. The van der Waals surface area contributed by atoms with E-state index < -0.39 is 17.6 Å². The summed E-state index contributed by atoms with van der Waals surface area (Å²) in [6.07, 6.45) is -0.429. The maximum absolute atomic E-state index is 13.6. The van der Waals surface area contributed by atoms with E-state index in [1.807, 2.05) is 0 Å². The van der Waals surface area contributed by atoms with Crippen LogP contribution in [0.25, 0.3) is 16.9 Å². The van der Waals surface area contributed by atoms with Crippen LogP contribution >= 0.6 is 0 Å². The first kappa shape index (κ1) is 17.7. The molecular formula is C19H12F3N5O. The van der Waals surface area contributed by atoms with Crippen LogP contribution in [-0.2, 0) is 6.18 Å². The second-order valence-corrected chi connectivity index (χ2v) is 5.83. The molecule has 4 aromatic rings. The van der Waals surface area contributed by atoms with E-state index >= 15 is 0 Å². The van der Waals surface area contributed by atoms with E-state index in [1.165, 1.54) is 41.3 Å². The maximum atomic E-state index is 13.6. The van der Waals surface area contributed by atoms with Crippen molar-refractivity contribution in [3.63, 3.8) is 0 Å². The predicted octanol–water partition coefficient (Wildman–Crippen LogP) is 4.06. The number of hydrogen-bond acceptors (Lipinski definition) is 4. The zero-order valence-electron chi connectivity index (χ0n) is 14.2. The molecule has 0 bridgehead atoms. The van der Waals surface area contributed by atoms with E-state index in [2.05, 4.69) is 20.4 Å². The summed E-state index contributed by atoms with van der Waals surface area (Å²) in [5, 5.41) is 6.58. The number of hydrogen-bond donors (Lipinski definition) is 1. The molecule has 0 aliphatic carbocycles. The van der Waals surface area contributed by atoms with Crippen molar-refractivity contribution in [1.82, 2.24) is 19.6 Å². The average molecular weight is 383 g/mol. The fourth-order valence-corrected chi connectivity index (χ4v) is 2.85. The number of halogens is 3. The highest BCUT2D eigenvalue weighted by Gasteiger charge is 2.35. The molecule has 0 radical (unpaired) electrons. The molecule has 3 aromatic heterocycles. The first-order valence-electron chi connectivity index (χ1n) is 8.17. The molecule has 0 saturated heterocycles.